The molecule has 11 heteroatoms. The Balaban J connectivity index is 1.42. The summed E-state index contributed by atoms with van der Waals surface area (Å²) >= 11 is 0. The van der Waals surface area contributed by atoms with E-state index in [-0.39, 0.29) is 0 Å². The molecule has 0 spiro atoms. The number of carbonyl (C=O) groups is 1. The first-order valence-corrected chi connectivity index (χ1v) is 11.9. The topological polar surface area (TPSA) is 144 Å². The number of fused-ring (bicyclic) bond motifs is 1. The molecule has 0 saturated carbocycles. The molecular formula is C26H28N6O5. The number of aryl methyl sites for hydroxylation is 1. The summed E-state index contributed by atoms with van der Waals surface area (Å²) in [7, 11) is 1.52. The third-order valence-electron chi connectivity index (χ3n) is 6.52. The number of nitrogens with one attached hydrogen (secondary N) is 2. The molecule has 4 atom stereocenters. The van der Waals surface area contributed by atoms with Crippen molar-refractivity contribution < 1.29 is 24.5 Å². The number of anilines is 1. The van der Waals surface area contributed by atoms with Crippen molar-refractivity contribution in [3.63, 3.8) is 0 Å². The molecule has 1 aliphatic rings. The van der Waals surface area contributed by atoms with E-state index in [9.17, 15) is 15.0 Å². The summed E-state index contributed by atoms with van der Waals surface area (Å²) in [5, 5.41) is 26.8. The maximum atomic E-state index is 13.0. The number of amides is 1. The predicted octanol–water partition coefficient (Wildman–Crippen LogP) is 1.80. The third kappa shape index (κ3) is 4.84. The van der Waals surface area contributed by atoms with Gasteiger partial charge in [0.05, 0.1) is 20.0 Å². The molecular weight excluding hydrogens is 476 g/mol. The van der Waals surface area contributed by atoms with E-state index in [4.69, 9.17) is 9.47 Å². The quantitative estimate of drug-likeness (QED) is 0.282. The highest BCUT2D eigenvalue weighted by molar-refractivity contribution is 5.95. The number of benzene rings is 2. The molecule has 4 unspecified atom stereocenters. The van der Waals surface area contributed by atoms with Crippen molar-refractivity contribution in [1.29, 1.82) is 0 Å². The lowest BCUT2D eigenvalue weighted by Gasteiger charge is -2.23. The van der Waals surface area contributed by atoms with Crippen molar-refractivity contribution in [1.82, 2.24) is 24.8 Å². The highest BCUT2D eigenvalue weighted by Crippen LogP contribution is 2.32. The number of methoxy groups -OCH3 is 1. The van der Waals surface area contributed by atoms with Gasteiger partial charge in [0.15, 0.2) is 23.2 Å². The zero-order chi connectivity index (χ0) is 25.9. The maximum absolute atomic E-state index is 13.0. The Morgan fingerprint density at radius 2 is 2.00 bits per heavy atom. The Morgan fingerprint density at radius 1 is 1.16 bits per heavy atom. The Hall–Kier alpha value is -4.06. The van der Waals surface area contributed by atoms with Crippen LogP contribution in [0.3, 0.4) is 0 Å². The van der Waals surface area contributed by atoms with Gasteiger partial charge in [-0.3, -0.25) is 9.36 Å². The molecule has 0 aliphatic carbocycles. The van der Waals surface area contributed by atoms with Crippen molar-refractivity contribution in [3.05, 3.63) is 77.9 Å². The number of hydrogen-bond donors (Lipinski definition) is 4. The van der Waals surface area contributed by atoms with E-state index in [1.165, 1.54) is 19.8 Å². The van der Waals surface area contributed by atoms with E-state index in [1.54, 1.807) is 28.8 Å². The van der Waals surface area contributed by atoms with Gasteiger partial charge in [-0.25, -0.2) is 15.0 Å². The van der Waals surface area contributed by atoms with E-state index in [0.717, 1.165) is 11.1 Å². The zero-order valence-electron chi connectivity index (χ0n) is 20.4. The highest BCUT2D eigenvalue weighted by Gasteiger charge is 2.46. The van der Waals surface area contributed by atoms with E-state index < -0.39 is 37.0 Å². The minimum Gasteiger partial charge on any atom is -0.497 e. The number of aliphatic hydroxyl groups is 2. The van der Waals surface area contributed by atoms with Gasteiger partial charge in [0.1, 0.15) is 30.3 Å². The fourth-order valence-electron chi connectivity index (χ4n) is 4.44. The minimum absolute atomic E-state index is 0.359. The number of aromatic nitrogens is 4. The van der Waals surface area contributed by atoms with Crippen molar-refractivity contribution in [3.8, 4) is 5.75 Å². The lowest BCUT2D eigenvalue weighted by Crippen LogP contribution is -2.46. The van der Waals surface area contributed by atoms with Crippen LogP contribution >= 0.6 is 0 Å². The van der Waals surface area contributed by atoms with Crippen molar-refractivity contribution in [2.75, 3.05) is 19.0 Å². The first kappa shape index (κ1) is 24.6. The van der Waals surface area contributed by atoms with Crippen LogP contribution in [0.15, 0.2) is 61.2 Å². The lowest BCUT2D eigenvalue weighted by atomic mass is 10.1. The van der Waals surface area contributed by atoms with Gasteiger partial charge in [-0.15, -0.1) is 0 Å². The second-order valence-corrected chi connectivity index (χ2v) is 8.80. The van der Waals surface area contributed by atoms with Crippen LogP contribution in [-0.4, -0.2) is 67.6 Å². The largest absolute Gasteiger partial charge is 0.497 e. The zero-order valence-corrected chi connectivity index (χ0v) is 20.4. The average Bonchev–Trinajstić information content (AvgIpc) is 3.49. The molecule has 1 saturated heterocycles. The van der Waals surface area contributed by atoms with Crippen LogP contribution in [0.1, 0.15) is 27.7 Å². The summed E-state index contributed by atoms with van der Waals surface area (Å²) in [6.45, 7) is 2.17. The van der Waals surface area contributed by atoms with Crippen LogP contribution < -0.4 is 15.4 Å². The standard InChI is InChI=1S/C26H28N6O5/c1-15-6-3-4-7-17(15)11-27-23-21-24(29-13-28-23)32(14-30-21)26-20(22(34)19(12-33)37-26)31-25(35)16-8-5-9-18(10-16)36-2/h3-10,13-14,19-20,22,26,33-34H,11-12H2,1-2H3,(H,31,35)(H,27,28,29). The second-order valence-electron chi connectivity index (χ2n) is 8.80. The van der Waals surface area contributed by atoms with Crippen LogP contribution in [0.2, 0.25) is 0 Å². The fourth-order valence-corrected chi connectivity index (χ4v) is 4.44. The number of carbonyl (C=O) groups excluding carboxylic acids is 1. The summed E-state index contributed by atoms with van der Waals surface area (Å²) in [6.07, 6.45) is 0.00594. The van der Waals surface area contributed by atoms with Gasteiger partial charge in [-0.05, 0) is 36.2 Å². The Kier molecular flexibility index (Phi) is 6.99. The Morgan fingerprint density at radius 3 is 2.78 bits per heavy atom. The first-order chi connectivity index (χ1) is 18.0. The molecule has 1 amide bonds. The molecule has 4 aromatic rings. The van der Waals surface area contributed by atoms with Crippen LogP contribution in [0.25, 0.3) is 11.2 Å². The summed E-state index contributed by atoms with van der Waals surface area (Å²) in [6, 6.07) is 13.8. The monoisotopic (exact) mass is 504 g/mol. The predicted molar refractivity (Wildman–Crippen MR) is 135 cm³/mol. The number of hydrogen-bond acceptors (Lipinski definition) is 9. The normalized spacial score (nSPS) is 21.2. The summed E-state index contributed by atoms with van der Waals surface area (Å²) < 4.78 is 12.8. The molecule has 1 fully saturated rings. The number of ether oxygens (including phenoxy) is 2. The fraction of sp³-hybridized carbons (Fsp3) is 0.308. The molecule has 2 aromatic carbocycles. The van der Waals surface area contributed by atoms with Crippen LogP contribution in [0, 0.1) is 6.92 Å². The van der Waals surface area contributed by atoms with E-state index in [0.29, 0.717) is 34.8 Å². The van der Waals surface area contributed by atoms with E-state index in [1.807, 2.05) is 31.2 Å². The minimum atomic E-state index is -1.16. The SMILES string of the molecule is COc1cccc(C(=O)NC2C(O)C(CO)OC2n2cnc3c(NCc4ccccc4C)ncnc32)c1. The number of aliphatic hydroxyl groups excluding tert-OH is 2. The molecule has 11 nitrogen and oxygen atoms in total. The van der Waals surface area contributed by atoms with Gasteiger partial charge in [0.25, 0.3) is 5.91 Å². The van der Waals surface area contributed by atoms with Gasteiger partial charge in [0.2, 0.25) is 0 Å². The van der Waals surface area contributed by atoms with Crippen LogP contribution in [-0.2, 0) is 11.3 Å². The molecule has 4 N–H and O–H groups in total. The van der Waals surface area contributed by atoms with Crippen molar-refractivity contribution in [2.45, 2.75) is 37.9 Å². The van der Waals surface area contributed by atoms with Gasteiger partial charge < -0.3 is 30.3 Å². The Labute approximate surface area is 213 Å². The van der Waals surface area contributed by atoms with Crippen molar-refractivity contribution >= 4 is 22.9 Å². The number of imidazole rings is 1. The number of nitrogens with zero attached hydrogens (tertiary/aromatic N) is 4. The van der Waals surface area contributed by atoms with Gasteiger partial charge in [-0.2, -0.15) is 0 Å². The van der Waals surface area contributed by atoms with Gasteiger partial charge in [-0.1, -0.05) is 30.3 Å². The van der Waals surface area contributed by atoms with Gasteiger partial charge >= 0.3 is 0 Å². The molecule has 0 bridgehead atoms. The molecule has 37 heavy (non-hydrogen) atoms. The lowest BCUT2D eigenvalue weighted by molar-refractivity contribution is -0.0440. The van der Waals surface area contributed by atoms with E-state index >= 15 is 0 Å². The number of rotatable bonds is 8. The molecule has 0 radical (unpaired) electrons. The molecule has 192 valence electrons. The van der Waals surface area contributed by atoms with Crippen LogP contribution in [0.4, 0.5) is 5.82 Å². The summed E-state index contributed by atoms with van der Waals surface area (Å²) in [5.41, 5.74) is 3.61. The smallest absolute Gasteiger partial charge is 0.251 e. The average molecular weight is 505 g/mol. The Bertz CT molecular complexity index is 1410. The molecule has 3 heterocycles. The maximum Gasteiger partial charge on any atom is 0.251 e. The molecule has 2 aromatic heterocycles. The summed E-state index contributed by atoms with van der Waals surface area (Å²) in [5.74, 6) is 0.652. The van der Waals surface area contributed by atoms with E-state index in [2.05, 4.69) is 25.6 Å². The van der Waals surface area contributed by atoms with Crippen molar-refractivity contribution in [2.24, 2.45) is 0 Å². The van der Waals surface area contributed by atoms with Crippen LogP contribution in [0.5, 0.6) is 5.75 Å². The highest BCUT2D eigenvalue weighted by atomic mass is 16.5. The molecule has 5 rings (SSSR count). The summed E-state index contributed by atoms with van der Waals surface area (Å²) in [4.78, 5) is 26.3. The third-order valence-corrected chi connectivity index (χ3v) is 6.52. The second kappa shape index (κ2) is 10.5. The molecule has 1 aliphatic heterocycles. The first-order valence-electron chi connectivity index (χ1n) is 11.9. The van der Waals surface area contributed by atoms with Gasteiger partial charge in [0, 0.05) is 12.1 Å².